The third kappa shape index (κ3) is 2.74. The highest BCUT2D eigenvalue weighted by Crippen LogP contribution is 2.40. The molecule has 0 amide bonds. The SMILES string of the molecule is CC(O)c1ccc(C#N)cc1N(CC1CC1)C1CC1. The average molecular weight is 256 g/mol. The zero-order chi connectivity index (χ0) is 13.4. The summed E-state index contributed by atoms with van der Waals surface area (Å²) in [5.74, 6) is 0.813. The van der Waals surface area contributed by atoms with Gasteiger partial charge in [-0.1, -0.05) is 6.07 Å². The highest BCUT2D eigenvalue weighted by atomic mass is 16.3. The van der Waals surface area contributed by atoms with E-state index in [1.165, 1.54) is 25.7 Å². The Bertz CT molecular complexity index is 510. The van der Waals surface area contributed by atoms with Gasteiger partial charge in [-0.3, -0.25) is 0 Å². The fourth-order valence-corrected chi connectivity index (χ4v) is 2.62. The number of hydrogen-bond donors (Lipinski definition) is 1. The summed E-state index contributed by atoms with van der Waals surface area (Å²) >= 11 is 0. The second-order valence-corrected chi connectivity index (χ2v) is 5.89. The molecule has 0 aliphatic heterocycles. The van der Waals surface area contributed by atoms with Crippen molar-refractivity contribution in [2.45, 2.75) is 44.8 Å². The Labute approximate surface area is 114 Å². The zero-order valence-corrected chi connectivity index (χ0v) is 11.3. The lowest BCUT2D eigenvalue weighted by Crippen LogP contribution is -2.29. The largest absolute Gasteiger partial charge is 0.389 e. The van der Waals surface area contributed by atoms with Gasteiger partial charge in [-0.15, -0.1) is 0 Å². The molecule has 3 heteroatoms. The van der Waals surface area contributed by atoms with E-state index in [4.69, 9.17) is 5.26 Å². The van der Waals surface area contributed by atoms with Gasteiger partial charge in [0.1, 0.15) is 0 Å². The molecular formula is C16H20N2O. The minimum Gasteiger partial charge on any atom is -0.389 e. The van der Waals surface area contributed by atoms with Crippen LogP contribution in [0.1, 0.15) is 49.8 Å². The predicted octanol–water partition coefficient (Wildman–Crippen LogP) is 2.99. The Morgan fingerprint density at radius 3 is 2.63 bits per heavy atom. The normalized spacial score (nSPS) is 19.8. The highest BCUT2D eigenvalue weighted by Gasteiger charge is 2.35. The van der Waals surface area contributed by atoms with Crippen LogP contribution in [0.15, 0.2) is 18.2 Å². The first-order chi connectivity index (χ1) is 9.19. The Kier molecular flexibility index (Phi) is 3.20. The number of rotatable bonds is 5. The average Bonchev–Trinajstić information content (AvgIpc) is 3.27. The Hall–Kier alpha value is -1.53. The topological polar surface area (TPSA) is 47.3 Å². The van der Waals surface area contributed by atoms with Crippen molar-refractivity contribution in [2.24, 2.45) is 5.92 Å². The van der Waals surface area contributed by atoms with E-state index >= 15 is 0 Å². The van der Waals surface area contributed by atoms with Crippen LogP contribution in [-0.2, 0) is 0 Å². The van der Waals surface area contributed by atoms with Gasteiger partial charge in [0.15, 0.2) is 0 Å². The van der Waals surface area contributed by atoms with E-state index in [1.54, 1.807) is 13.0 Å². The molecule has 1 aromatic carbocycles. The maximum Gasteiger partial charge on any atom is 0.0992 e. The van der Waals surface area contributed by atoms with Crippen LogP contribution < -0.4 is 4.90 Å². The molecule has 3 nitrogen and oxygen atoms in total. The molecule has 100 valence electrons. The van der Waals surface area contributed by atoms with Crippen molar-refractivity contribution in [3.63, 3.8) is 0 Å². The van der Waals surface area contributed by atoms with E-state index in [1.807, 2.05) is 12.1 Å². The fraction of sp³-hybridized carbons (Fsp3) is 0.562. The van der Waals surface area contributed by atoms with Gasteiger partial charge in [0.2, 0.25) is 0 Å². The van der Waals surface area contributed by atoms with Gasteiger partial charge in [-0.25, -0.2) is 0 Å². The first-order valence-corrected chi connectivity index (χ1v) is 7.18. The molecule has 0 heterocycles. The summed E-state index contributed by atoms with van der Waals surface area (Å²) < 4.78 is 0. The summed E-state index contributed by atoms with van der Waals surface area (Å²) in [7, 11) is 0. The molecule has 1 unspecified atom stereocenters. The van der Waals surface area contributed by atoms with Crippen LogP contribution in [-0.4, -0.2) is 17.7 Å². The molecule has 1 atom stereocenters. The van der Waals surface area contributed by atoms with Crippen LogP contribution in [0.25, 0.3) is 0 Å². The summed E-state index contributed by atoms with van der Waals surface area (Å²) in [6.07, 6.45) is 4.64. The van der Waals surface area contributed by atoms with E-state index in [0.717, 1.165) is 23.7 Å². The minimum absolute atomic E-state index is 0.483. The molecule has 0 aromatic heterocycles. The summed E-state index contributed by atoms with van der Waals surface area (Å²) in [5, 5.41) is 19.1. The molecule has 19 heavy (non-hydrogen) atoms. The van der Waals surface area contributed by atoms with Crippen molar-refractivity contribution in [3.05, 3.63) is 29.3 Å². The molecule has 1 aromatic rings. The quantitative estimate of drug-likeness (QED) is 0.881. The number of aliphatic hydroxyl groups is 1. The maximum absolute atomic E-state index is 9.96. The van der Waals surface area contributed by atoms with E-state index in [2.05, 4.69) is 11.0 Å². The smallest absolute Gasteiger partial charge is 0.0992 e. The standard InChI is InChI=1S/C16H20N2O/c1-11(19)15-7-4-13(9-17)8-16(15)18(14-5-6-14)10-12-2-3-12/h4,7-8,11-12,14,19H,2-3,5-6,10H2,1H3. The molecule has 0 bridgehead atoms. The Balaban J connectivity index is 1.96. The lowest BCUT2D eigenvalue weighted by atomic mass is 10.0. The van der Waals surface area contributed by atoms with Gasteiger partial charge in [-0.05, 0) is 50.7 Å². The molecule has 2 fully saturated rings. The first kappa shape index (κ1) is 12.5. The van der Waals surface area contributed by atoms with Gasteiger partial charge < -0.3 is 10.0 Å². The van der Waals surface area contributed by atoms with E-state index in [0.29, 0.717) is 11.6 Å². The summed E-state index contributed by atoms with van der Waals surface area (Å²) in [6, 6.07) is 8.48. The zero-order valence-electron chi connectivity index (χ0n) is 11.3. The summed E-state index contributed by atoms with van der Waals surface area (Å²) in [4.78, 5) is 2.43. The lowest BCUT2D eigenvalue weighted by molar-refractivity contribution is 0.199. The van der Waals surface area contributed by atoms with Crippen molar-refractivity contribution < 1.29 is 5.11 Å². The van der Waals surface area contributed by atoms with Crippen LogP contribution in [0, 0.1) is 17.2 Å². The van der Waals surface area contributed by atoms with Gasteiger partial charge in [0.25, 0.3) is 0 Å². The number of aliphatic hydroxyl groups excluding tert-OH is 1. The molecule has 3 rings (SSSR count). The number of anilines is 1. The molecule has 0 radical (unpaired) electrons. The molecule has 2 aliphatic carbocycles. The van der Waals surface area contributed by atoms with Crippen molar-refractivity contribution in [3.8, 4) is 6.07 Å². The van der Waals surface area contributed by atoms with E-state index in [9.17, 15) is 5.11 Å². The molecule has 0 saturated heterocycles. The molecule has 1 N–H and O–H groups in total. The molecule has 2 aliphatic rings. The first-order valence-electron chi connectivity index (χ1n) is 7.18. The lowest BCUT2D eigenvalue weighted by Gasteiger charge is -2.28. The van der Waals surface area contributed by atoms with Crippen molar-refractivity contribution in [1.29, 1.82) is 5.26 Å². The van der Waals surface area contributed by atoms with E-state index in [-0.39, 0.29) is 0 Å². The van der Waals surface area contributed by atoms with Crippen LogP contribution >= 0.6 is 0 Å². The van der Waals surface area contributed by atoms with Crippen molar-refractivity contribution in [2.75, 3.05) is 11.4 Å². The van der Waals surface area contributed by atoms with Crippen LogP contribution in [0.3, 0.4) is 0 Å². The minimum atomic E-state index is -0.483. The van der Waals surface area contributed by atoms with Gasteiger partial charge >= 0.3 is 0 Å². The Morgan fingerprint density at radius 1 is 1.37 bits per heavy atom. The number of benzene rings is 1. The van der Waals surface area contributed by atoms with E-state index < -0.39 is 6.10 Å². The third-order valence-electron chi connectivity index (χ3n) is 4.06. The fourth-order valence-electron chi connectivity index (χ4n) is 2.62. The highest BCUT2D eigenvalue weighted by molar-refractivity contribution is 5.60. The van der Waals surface area contributed by atoms with Gasteiger partial charge in [0, 0.05) is 23.8 Å². The summed E-state index contributed by atoms with van der Waals surface area (Å²) in [5.41, 5.74) is 2.70. The Morgan fingerprint density at radius 2 is 2.11 bits per heavy atom. The van der Waals surface area contributed by atoms with Crippen LogP contribution in [0.2, 0.25) is 0 Å². The number of nitrogens with zero attached hydrogens (tertiary/aromatic N) is 2. The molecule has 0 spiro atoms. The van der Waals surface area contributed by atoms with Crippen molar-refractivity contribution in [1.82, 2.24) is 0 Å². The predicted molar refractivity (Wildman–Crippen MR) is 74.9 cm³/mol. The van der Waals surface area contributed by atoms with Crippen molar-refractivity contribution >= 4 is 5.69 Å². The van der Waals surface area contributed by atoms with Gasteiger partial charge in [0.05, 0.1) is 17.7 Å². The molecule has 2 saturated carbocycles. The second kappa shape index (κ2) is 4.86. The number of hydrogen-bond acceptors (Lipinski definition) is 3. The van der Waals surface area contributed by atoms with Crippen LogP contribution in [0.4, 0.5) is 5.69 Å². The van der Waals surface area contributed by atoms with Crippen LogP contribution in [0.5, 0.6) is 0 Å². The van der Waals surface area contributed by atoms with Gasteiger partial charge in [-0.2, -0.15) is 5.26 Å². The maximum atomic E-state index is 9.96. The molecular weight excluding hydrogens is 236 g/mol. The monoisotopic (exact) mass is 256 g/mol. The number of nitriles is 1. The summed E-state index contributed by atoms with van der Waals surface area (Å²) in [6.45, 7) is 2.88. The second-order valence-electron chi connectivity index (χ2n) is 5.89. The third-order valence-corrected chi connectivity index (χ3v) is 4.06.